The number of phenolic OH excluding ortho intramolecular Hbond substituents is 1. The van der Waals surface area contributed by atoms with Crippen molar-refractivity contribution >= 4 is 5.97 Å². The molecule has 0 aliphatic carbocycles. The van der Waals surface area contributed by atoms with Gasteiger partial charge in [-0.25, -0.2) is 0 Å². The van der Waals surface area contributed by atoms with Gasteiger partial charge in [-0.15, -0.1) is 0 Å². The number of hydrogen-bond acceptors (Lipinski definition) is 7. The van der Waals surface area contributed by atoms with Crippen molar-refractivity contribution in [2.45, 2.75) is 26.3 Å². The number of carbonyl (C=O) groups excluding carboxylic acids is 1. The van der Waals surface area contributed by atoms with Gasteiger partial charge in [-0.3, -0.25) is 9.69 Å². The van der Waals surface area contributed by atoms with Crippen LogP contribution in [0.5, 0.6) is 17.2 Å². The Labute approximate surface area is 155 Å². The number of nitrogens with zero attached hydrogens (tertiary/aromatic N) is 2. The fraction of sp³-hybridized carbons (Fsp3) is 0.632. The molecule has 26 heavy (non-hydrogen) atoms. The van der Waals surface area contributed by atoms with E-state index in [-0.39, 0.29) is 11.7 Å². The molecule has 1 aliphatic heterocycles. The van der Waals surface area contributed by atoms with Gasteiger partial charge in [0.1, 0.15) is 0 Å². The van der Waals surface area contributed by atoms with E-state index >= 15 is 0 Å². The van der Waals surface area contributed by atoms with E-state index in [9.17, 15) is 9.90 Å². The van der Waals surface area contributed by atoms with Gasteiger partial charge in [-0.2, -0.15) is 0 Å². The number of aromatic hydroxyl groups is 1. The molecule has 0 radical (unpaired) electrons. The van der Waals surface area contributed by atoms with E-state index in [0.717, 1.165) is 44.7 Å². The maximum Gasteiger partial charge on any atom is 0.305 e. The SMILES string of the molecule is CCOC(=O)CCCN1CCN(Cc2ccc(OC)c(OC)c2O)CC1. The van der Waals surface area contributed by atoms with Gasteiger partial charge in [0.2, 0.25) is 5.75 Å². The maximum atomic E-state index is 11.4. The third-order valence-corrected chi connectivity index (χ3v) is 4.62. The molecule has 1 saturated heterocycles. The summed E-state index contributed by atoms with van der Waals surface area (Å²) >= 11 is 0. The normalized spacial score (nSPS) is 15.7. The molecule has 0 spiro atoms. The van der Waals surface area contributed by atoms with E-state index in [1.807, 2.05) is 19.1 Å². The van der Waals surface area contributed by atoms with Crippen molar-refractivity contribution in [3.8, 4) is 17.2 Å². The van der Waals surface area contributed by atoms with Gasteiger partial charge >= 0.3 is 5.97 Å². The third kappa shape index (κ3) is 5.51. The van der Waals surface area contributed by atoms with Crippen LogP contribution in [0.15, 0.2) is 12.1 Å². The van der Waals surface area contributed by atoms with Crippen LogP contribution in [0.2, 0.25) is 0 Å². The van der Waals surface area contributed by atoms with E-state index in [1.165, 1.54) is 7.11 Å². The quantitative estimate of drug-likeness (QED) is 0.669. The van der Waals surface area contributed by atoms with Crippen LogP contribution in [-0.2, 0) is 16.1 Å². The Bertz CT molecular complexity index is 586. The number of hydrogen-bond donors (Lipinski definition) is 1. The fourth-order valence-electron chi connectivity index (χ4n) is 3.17. The van der Waals surface area contributed by atoms with Crippen molar-refractivity contribution in [3.63, 3.8) is 0 Å². The van der Waals surface area contributed by atoms with Gasteiger partial charge in [-0.1, -0.05) is 6.07 Å². The molecule has 1 aliphatic rings. The molecule has 1 N–H and O–H groups in total. The Hall–Kier alpha value is -1.99. The smallest absolute Gasteiger partial charge is 0.305 e. The molecular weight excluding hydrogens is 336 g/mol. The molecule has 2 rings (SSSR count). The highest BCUT2D eigenvalue weighted by Crippen LogP contribution is 2.39. The number of rotatable bonds is 9. The van der Waals surface area contributed by atoms with Crippen LogP contribution in [0.4, 0.5) is 0 Å². The second kappa shape index (κ2) is 10.2. The van der Waals surface area contributed by atoms with Gasteiger partial charge < -0.3 is 24.2 Å². The van der Waals surface area contributed by atoms with E-state index < -0.39 is 0 Å². The average molecular weight is 366 g/mol. The molecule has 0 aromatic heterocycles. The predicted octanol–water partition coefficient (Wildman–Crippen LogP) is 1.87. The molecular formula is C19H30N2O5. The monoisotopic (exact) mass is 366 g/mol. The van der Waals surface area contributed by atoms with E-state index in [2.05, 4.69) is 9.80 Å². The van der Waals surface area contributed by atoms with Gasteiger partial charge in [0.15, 0.2) is 11.5 Å². The zero-order valence-electron chi connectivity index (χ0n) is 16.0. The van der Waals surface area contributed by atoms with E-state index in [1.54, 1.807) is 7.11 Å². The number of methoxy groups -OCH3 is 2. The van der Waals surface area contributed by atoms with Crippen LogP contribution in [-0.4, -0.2) is 74.4 Å². The van der Waals surface area contributed by atoms with E-state index in [4.69, 9.17) is 14.2 Å². The molecule has 1 heterocycles. The van der Waals surface area contributed by atoms with Crippen molar-refractivity contribution in [2.75, 3.05) is 53.6 Å². The Morgan fingerprint density at radius 3 is 2.42 bits per heavy atom. The second-order valence-corrected chi connectivity index (χ2v) is 6.34. The summed E-state index contributed by atoms with van der Waals surface area (Å²) in [6.07, 6.45) is 1.31. The van der Waals surface area contributed by atoms with Gasteiger partial charge in [0.25, 0.3) is 0 Å². The number of esters is 1. The molecule has 146 valence electrons. The molecule has 1 aromatic rings. The zero-order chi connectivity index (χ0) is 18.9. The van der Waals surface area contributed by atoms with Crippen molar-refractivity contribution in [2.24, 2.45) is 0 Å². The van der Waals surface area contributed by atoms with Crippen LogP contribution in [0.3, 0.4) is 0 Å². The predicted molar refractivity (Wildman–Crippen MR) is 98.8 cm³/mol. The van der Waals surface area contributed by atoms with Crippen molar-refractivity contribution in [1.82, 2.24) is 9.80 Å². The first kappa shape index (κ1) is 20.3. The number of benzene rings is 1. The Morgan fingerprint density at radius 1 is 1.12 bits per heavy atom. The van der Waals surface area contributed by atoms with Crippen molar-refractivity contribution < 1.29 is 24.1 Å². The van der Waals surface area contributed by atoms with Crippen LogP contribution < -0.4 is 9.47 Å². The molecule has 0 unspecified atom stereocenters. The number of phenols is 1. The maximum absolute atomic E-state index is 11.4. The minimum Gasteiger partial charge on any atom is -0.504 e. The summed E-state index contributed by atoms with van der Waals surface area (Å²) in [5.74, 6) is 0.932. The lowest BCUT2D eigenvalue weighted by molar-refractivity contribution is -0.143. The standard InChI is InChI=1S/C19H30N2O5/c1-4-26-17(22)6-5-9-20-10-12-21(13-11-20)14-15-7-8-16(24-2)19(25-3)18(15)23/h7-8,23H,4-6,9-14H2,1-3H3. The van der Waals surface area contributed by atoms with Crippen molar-refractivity contribution in [1.29, 1.82) is 0 Å². The summed E-state index contributed by atoms with van der Waals surface area (Å²) in [5.41, 5.74) is 0.832. The van der Waals surface area contributed by atoms with Crippen LogP contribution >= 0.6 is 0 Å². The van der Waals surface area contributed by atoms with Gasteiger partial charge in [-0.05, 0) is 26.0 Å². The van der Waals surface area contributed by atoms with Crippen LogP contribution in [0.25, 0.3) is 0 Å². The van der Waals surface area contributed by atoms with Gasteiger partial charge in [0.05, 0.1) is 20.8 Å². The zero-order valence-corrected chi connectivity index (χ0v) is 16.0. The minimum absolute atomic E-state index is 0.116. The highest BCUT2D eigenvalue weighted by molar-refractivity contribution is 5.69. The number of ether oxygens (including phenoxy) is 3. The highest BCUT2D eigenvalue weighted by Gasteiger charge is 2.20. The first-order chi connectivity index (χ1) is 12.6. The lowest BCUT2D eigenvalue weighted by Crippen LogP contribution is -2.46. The molecule has 0 saturated carbocycles. The average Bonchev–Trinajstić information content (AvgIpc) is 2.64. The summed E-state index contributed by atoms with van der Waals surface area (Å²) in [6.45, 7) is 7.61. The second-order valence-electron chi connectivity index (χ2n) is 6.34. The number of piperazine rings is 1. The summed E-state index contributed by atoms with van der Waals surface area (Å²) in [4.78, 5) is 16.1. The molecule has 0 atom stereocenters. The summed E-state index contributed by atoms with van der Waals surface area (Å²) in [5, 5.41) is 10.4. The first-order valence-corrected chi connectivity index (χ1v) is 9.12. The molecule has 7 heteroatoms. The lowest BCUT2D eigenvalue weighted by atomic mass is 10.1. The first-order valence-electron chi connectivity index (χ1n) is 9.12. The summed E-state index contributed by atoms with van der Waals surface area (Å²) in [7, 11) is 3.08. The summed E-state index contributed by atoms with van der Waals surface area (Å²) < 4.78 is 15.4. The fourth-order valence-corrected chi connectivity index (χ4v) is 3.17. The van der Waals surface area contributed by atoms with Crippen molar-refractivity contribution in [3.05, 3.63) is 17.7 Å². The molecule has 7 nitrogen and oxygen atoms in total. The number of carbonyl (C=O) groups is 1. The lowest BCUT2D eigenvalue weighted by Gasteiger charge is -2.34. The Kier molecular flexibility index (Phi) is 8.00. The summed E-state index contributed by atoms with van der Waals surface area (Å²) in [6, 6.07) is 3.70. The molecule has 0 bridgehead atoms. The molecule has 1 aromatic carbocycles. The largest absolute Gasteiger partial charge is 0.504 e. The minimum atomic E-state index is -0.116. The Morgan fingerprint density at radius 2 is 1.81 bits per heavy atom. The highest BCUT2D eigenvalue weighted by atomic mass is 16.5. The van der Waals surface area contributed by atoms with Gasteiger partial charge in [0, 0.05) is 44.7 Å². The Balaban J connectivity index is 1.79. The third-order valence-electron chi connectivity index (χ3n) is 4.62. The van der Waals surface area contributed by atoms with Crippen LogP contribution in [0.1, 0.15) is 25.3 Å². The molecule has 1 fully saturated rings. The molecule has 0 amide bonds. The van der Waals surface area contributed by atoms with E-state index in [0.29, 0.717) is 31.1 Å². The van der Waals surface area contributed by atoms with Crippen LogP contribution in [0, 0.1) is 0 Å². The topological polar surface area (TPSA) is 71.5 Å².